The Morgan fingerprint density at radius 1 is 1.08 bits per heavy atom. The lowest BCUT2D eigenvalue weighted by atomic mass is 9.49. The van der Waals surface area contributed by atoms with Gasteiger partial charge in [0.15, 0.2) is 0 Å². The van der Waals surface area contributed by atoms with Crippen LogP contribution in [-0.2, 0) is 4.79 Å². The molecule has 1 N–H and O–H groups in total. The van der Waals surface area contributed by atoms with Gasteiger partial charge < -0.3 is 10.0 Å². The van der Waals surface area contributed by atoms with Crippen LogP contribution in [0.4, 0.5) is 0 Å². The molecular formula is C21H36N2O2. The van der Waals surface area contributed by atoms with Crippen molar-refractivity contribution >= 4 is 5.97 Å². The molecule has 4 aliphatic carbocycles. The molecule has 0 amide bonds. The summed E-state index contributed by atoms with van der Waals surface area (Å²) in [4.78, 5) is 15.9. The maximum atomic E-state index is 11.0. The van der Waals surface area contributed by atoms with E-state index in [9.17, 15) is 4.79 Å². The van der Waals surface area contributed by atoms with E-state index in [0.29, 0.717) is 11.5 Å². The van der Waals surface area contributed by atoms with Crippen molar-refractivity contribution in [1.82, 2.24) is 9.80 Å². The van der Waals surface area contributed by atoms with Crippen LogP contribution in [-0.4, -0.2) is 59.6 Å². The average Bonchev–Trinajstić information content (AvgIpc) is 2.57. The van der Waals surface area contributed by atoms with Crippen LogP contribution >= 0.6 is 0 Å². The zero-order chi connectivity index (χ0) is 17.4. The highest BCUT2D eigenvalue weighted by Crippen LogP contribution is 2.61. The lowest BCUT2D eigenvalue weighted by molar-refractivity contribution is -0.139. The minimum atomic E-state index is -0.689. The summed E-state index contributed by atoms with van der Waals surface area (Å²) in [5, 5.41) is 9.08. The van der Waals surface area contributed by atoms with Crippen LogP contribution in [0.15, 0.2) is 0 Å². The Labute approximate surface area is 152 Å². The molecule has 142 valence electrons. The van der Waals surface area contributed by atoms with Gasteiger partial charge in [-0.2, -0.15) is 0 Å². The van der Waals surface area contributed by atoms with Crippen LogP contribution < -0.4 is 0 Å². The molecule has 0 aromatic carbocycles. The first-order valence-corrected chi connectivity index (χ1v) is 10.7. The molecule has 5 rings (SSSR count). The molecule has 0 unspecified atom stereocenters. The van der Waals surface area contributed by atoms with Crippen molar-refractivity contribution in [2.24, 2.45) is 23.2 Å². The Morgan fingerprint density at radius 3 is 2.12 bits per heavy atom. The minimum absolute atomic E-state index is 0.203. The predicted octanol–water partition coefficient (Wildman–Crippen LogP) is 3.46. The highest BCUT2D eigenvalue weighted by molar-refractivity contribution is 5.69. The lowest BCUT2D eigenvalue weighted by Crippen LogP contribution is -2.49. The van der Waals surface area contributed by atoms with Gasteiger partial charge in [-0.3, -0.25) is 9.69 Å². The lowest BCUT2D eigenvalue weighted by Gasteiger charge is -2.57. The fourth-order valence-electron chi connectivity index (χ4n) is 7.17. The molecule has 4 heteroatoms. The maximum Gasteiger partial charge on any atom is 0.317 e. The first-order chi connectivity index (χ1) is 12.0. The number of likely N-dealkylation sites (tertiary alicyclic amines) is 1. The quantitative estimate of drug-likeness (QED) is 0.765. The second kappa shape index (κ2) is 7.19. The number of rotatable bonds is 7. The van der Waals surface area contributed by atoms with Crippen LogP contribution in [0.5, 0.6) is 0 Å². The van der Waals surface area contributed by atoms with Gasteiger partial charge in [0.2, 0.25) is 0 Å². The molecule has 4 saturated carbocycles. The molecule has 4 nitrogen and oxygen atoms in total. The zero-order valence-corrected chi connectivity index (χ0v) is 16.0. The first kappa shape index (κ1) is 17.8. The van der Waals surface area contributed by atoms with Crippen LogP contribution in [0.1, 0.15) is 64.7 Å². The Morgan fingerprint density at radius 2 is 1.64 bits per heavy atom. The van der Waals surface area contributed by atoms with E-state index in [-0.39, 0.29) is 6.54 Å². The number of hydrogen-bond donors (Lipinski definition) is 1. The van der Waals surface area contributed by atoms with Crippen molar-refractivity contribution in [3.63, 3.8) is 0 Å². The van der Waals surface area contributed by atoms with E-state index in [2.05, 4.69) is 16.7 Å². The Kier molecular flexibility index (Phi) is 5.11. The van der Waals surface area contributed by atoms with Gasteiger partial charge in [-0.05, 0) is 107 Å². The van der Waals surface area contributed by atoms with Gasteiger partial charge in [0.1, 0.15) is 0 Å². The maximum absolute atomic E-state index is 11.0. The van der Waals surface area contributed by atoms with E-state index in [4.69, 9.17) is 5.11 Å². The highest BCUT2D eigenvalue weighted by Gasteiger charge is 2.50. The number of piperidine rings is 1. The Bertz CT molecular complexity index is 449. The van der Waals surface area contributed by atoms with E-state index >= 15 is 0 Å². The molecule has 5 fully saturated rings. The van der Waals surface area contributed by atoms with Crippen molar-refractivity contribution in [2.75, 3.05) is 32.7 Å². The summed E-state index contributed by atoms with van der Waals surface area (Å²) in [5.41, 5.74) is 0.699. The van der Waals surface area contributed by atoms with Crippen molar-refractivity contribution in [1.29, 1.82) is 0 Å². The number of likely N-dealkylation sites (N-methyl/N-ethyl adjacent to an activating group) is 1. The van der Waals surface area contributed by atoms with E-state index in [1.54, 1.807) is 19.3 Å². The Hall–Kier alpha value is -0.610. The second-order valence-electron chi connectivity index (χ2n) is 9.70. The molecule has 1 saturated heterocycles. The zero-order valence-electron chi connectivity index (χ0n) is 16.0. The third kappa shape index (κ3) is 3.90. The van der Waals surface area contributed by atoms with Crippen molar-refractivity contribution < 1.29 is 9.90 Å². The van der Waals surface area contributed by atoms with E-state index in [0.717, 1.165) is 50.2 Å². The van der Waals surface area contributed by atoms with Gasteiger partial charge in [0.05, 0.1) is 6.54 Å². The van der Waals surface area contributed by atoms with Gasteiger partial charge in [0.25, 0.3) is 0 Å². The normalized spacial score (nSPS) is 38.6. The smallest absolute Gasteiger partial charge is 0.317 e. The summed E-state index contributed by atoms with van der Waals surface area (Å²) in [5.74, 6) is 2.49. The average molecular weight is 349 g/mol. The van der Waals surface area contributed by atoms with E-state index < -0.39 is 5.97 Å². The fourth-order valence-corrected chi connectivity index (χ4v) is 7.17. The number of carbonyl (C=O) groups is 1. The minimum Gasteiger partial charge on any atom is -0.480 e. The van der Waals surface area contributed by atoms with Crippen LogP contribution in [0.2, 0.25) is 0 Å². The molecule has 0 spiro atoms. The van der Waals surface area contributed by atoms with Crippen molar-refractivity contribution in [3.8, 4) is 0 Å². The molecule has 1 heterocycles. The fraction of sp³-hybridized carbons (Fsp3) is 0.952. The summed E-state index contributed by atoms with van der Waals surface area (Å²) < 4.78 is 0. The monoisotopic (exact) mass is 348 g/mol. The molecule has 4 bridgehead atoms. The summed E-state index contributed by atoms with van der Waals surface area (Å²) in [6.45, 7) is 6.74. The standard InChI is InChI=1S/C21H36N2O2/c1-2-23(15-20(24)25)19-3-6-22(7-4-19)8-5-21-12-16-9-17(13-21)11-18(10-16)14-21/h16-19H,2-15H2,1H3,(H,24,25). The van der Waals surface area contributed by atoms with Gasteiger partial charge in [0, 0.05) is 6.04 Å². The summed E-state index contributed by atoms with van der Waals surface area (Å²) in [6.07, 6.45) is 12.9. The Balaban J connectivity index is 1.25. The number of carboxylic acid groups (broad SMARTS) is 1. The highest BCUT2D eigenvalue weighted by atomic mass is 16.4. The van der Waals surface area contributed by atoms with Gasteiger partial charge in [-0.25, -0.2) is 0 Å². The van der Waals surface area contributed by atoms with E-state index in [1.807, 2.05) is 0 Å². The number of hydrogen-bond acceptors (Lipinski definition) is 3. The first-order valence-electron chi connectivity index (χ1n) is 10.7. The SMILES string of the molecule is CCN(CC(=O)O)C1CCN(CCC23CC4CC(CC(C4)C2)C3)CC1. The third-order valence-electron chi connectivity index (χ3n) is 7.94. The van der Waals surface area contributed by atoms with Crippen LogP contribution in [0.3, 0.4) is 0 Å². The molecule has 25 heavy (non-hydrogen) atoms. The molecule has 0 radical (unpaired) electrons. The third-order valence-corrected chi connectivity index (χ3v) is 7.94. The van der Waals surface area contributed by atoms with Gasteiger partial charge in [-0.15, -0.1) is 0 Å². The summed E-state index contributed by atoms with van der Waals surface area (Å²) in [6, 6.07) is 0.469. The molecular weight excluding hydrogens is 312 g/mol. The van der Waals surface area contributed by atoms with Gasteiger partial charge >= 0.3 is 5.97 Å². The van der Waals surface area contributed by atoms with E-state index in [1.165, 1.54) is 32.2 Å². The molecule has 0 atom stereocenters. The predicted molar refractivity (Wildman–Crippen MR) is 99.6 cm³/mol. The number of nitrogens with zero attached hydrogens (tertiary/aromatic N) is 2. The summed E-state index contributed by atoms with van der Waals surface area (Å²) >= 11 is 0. The molecule has 1 aliphatic heterocycles. The number of aliphatic carboxylic acids is 1. The van der Waals surface area contributed by atoms with Crippen molar-refractivity contribution in [2.45, 2.75) is 70.8 Å². The largest absolute Gasteiger partial charge is 0.480 e. The second-order valence-corrected chi connectivity index (χ2v) is 9.70. The molecule has 5 aliphatic rings. The van der Waals surface area contributed by atoms with Gasteiger partial charge in [-0.1, -0.05) is 6.92 Å². The number of carboxylic acids is 1. The van der Waals surface area contributed by atoms with Crippen LogP contribution in [0, 0.1) is 23.2 Å². The van der Waals surface area contributed by atoms with Crippen LogP contribution in [0.25, 0.3) is 0 Å². The topological polar surface area (TPSA) is 43.8 Å². The summed E-state index contributed by atoms with van der Waals surface area (Å²) in [7, 11) is 0. The molecule has 0 aromatic heterocycles. The molecule has 0 aromatic rings. The van der Waals surface area contributed by atoms with Crippen molar-refractivity contribution in [3.05, 3.63) is 0 Å².